The van der Waals surface area contributed by atoms with Crippen molar-refractivity contribution in [3.05, 3.63) is 78.4 Å². The average molecular weight is 417 g/mol. The second-order valence-corrected chi connectivity index (χ2v) is 6.80. The van der Waals surface area contributed by atoms with Crippen molar-refractivity contribution in [2.75, 3.05) is 11.9 Å². The summed E-state index contributed by atoms with van der Waals surface area (Å²) in [5.41, 5.74) is 3.52. The highest BCUT2D eigenvalue weighted by Crippen LogP contribution is 2.19. The quantitative estimate of drug-likeness (QED) is 0.479. The number of hydrogen-bond acceptors (Lipinski definition) is 5. The first-order chi connectivity index (χ1) is 14.6. The van der Waals surface area contributed by atoms with Gasteiger partial charge in [0.1, 0.15) is 16.8 Å². The number of fused-ring (bicyclic) bond motifs is 1. The summed E-state index contributed by atoms with van der Waals surface area (Å²) in [6.45, 7) is 2.56. The van der Waals surface area contributed by atoms with Crippen LogP contribution in [0.1, 0.15) is 17.3 Å². The summed E-state index contributed by atoms with van der Waals surface area (Å²) >= 11 is 5.25. The third-order valence-electron chi connectivity index (χ3n) is 4.28. The topological polar surface area (TPSA) is 81.1 Å². The zero-order valence-electron chi connectivity index (χ0n) is 16.2. The Labute approximate surface area is 178 Å². The smallest absolute Gasteiger partial charge is 0.257 e. The number of carbonyl (C=O) groups excluding carboxylic acids is 1. The summed E-state index contributed by atoms with van der Waals surface area (Å²) in [5, 5.41) is 14.9. The largest absolute Gasteiger partial charge is 0.494 e. The van der Waals surface area contributed by atoms with E-state index in [0.29, 0.717) is 23.4 Å². The maximum absolute atomic E-state index is 12.2. The maximum atomic E-state index is 12.2. The number of ether oxygens (including phenoxy) is 1. The van der Waals surface area contributed by atoms with E-state index in [0.717, 1.165) is 17.0 Å². The summed E-state index contributed by atoms with van der Waals surface area (Å²) < 4.78 is 5.46. The van der Waals surface area contributed by atoms with E-state index in [4.69, 9.17) is 17.0 Å². The molecular formula is C22H19N5O2S. The zero-order valence-corrected chi connectivity index (χ0v) is 17.0. The summed E-state index contributed by atoms with van der Waals surface area (Å²) in [4.78, 5) is 13.8. The van der Waals surface area contributed by atoms with Gasteiger partial charge in [-0.1, -0.05) is 18.2 Å². The molecule has 0 unspecified atom stereocenters. The zero-order chi connectivity index (χ0) is 20.9. The van der Waals surface area contributed by atoms with Crippen molar-refractivity contribution in [1.29, 1.82) is 0 Å². The maximum Gasteiger partial charge on any atom is 0.257 e. The lowest BCUT2D eigenvalue weighted by molar-refractivity contribution is 0.0977. The monoisotopic (exact) mass is 417 g/mol. The van der Waals surface area contributed by atoms with Crippen LogP contribution in [0.25, 0.3) is 16.7 Å². The highest BCUT2D eigenvalue weighted by atomic mass is 32.1. The molecule has 0 aliphatic heterocycles. The molecule has 0 aliphatic rings. The van der Waals surface area contributed by atoms with Crippen molar-refractivity contribution in [2.45, 2.75) is 6.92 Å². The van der Waals surface area contributed by atoms with Crippen LogP contribution in [0.2, 0.25) is 0 Å². The standard InChI is InChI=1S/C22H19N5O2S/c1-2-29-18-11-9-17(10-12-18)27-25-19-13-8-16(14-20(19)26-27)23-22(30)24-21(28)15-6-4-3-5-7-15/h3-14H,2H2,1H3,(H2,23,24,28,30). The lowest BCUT2D eigenvalue weighted by atomic mass is 10.2. The van der Waals surface area contributed by atoms with Crippen LogP contribution in [0.4, 0.5) is 5.69 Å². The number of amides is 1. The first-order valence-electron chi connectivity index (χ1n) is 9.40. The third kappa shape index (κ3) is 4.44. The van der Waals surface area contributed by atoms with Gasteiger partial charge in [0.05, 0.1) is 12.3 Å². The Kier molecular flexibility index (Phi) is 5.67. The Balaban J connectivity index is 1.47. The number of carbonyl (C=O) groups is 1. The molecule has 0 atom stereocenters. The molecule has 4 aromatic rings. The van der Waals surface area contributed by atoms with Gasteiger partial charge in [0.2, 0.25) is 0 Å². The minimum absolute atomic E-state index is 0.210. The van der Waals surface area contributed by atoms with E-state index in [1.165, 1.54) is 0 Å². The number of aromatic nitrogens is 3. The number of hydrogen-bond donors (Lipinski definition) is 2. The second-order valence-electron chi connectivity index (χ2n) is 6.39. The Morgan fingerprint density at radius 2 is 1.73 bits per heavy atom. The highest BCUT2D eigenvalue weighted by Gasteiger charge is 2.09. The van der Waals surface area contributed by atoms with Gasteiger partial charge in [-0.2, -0.15) is 4.80 Å². The molecule has 0 bridgehead atoms. The average Bonchev–Trinajstić information content (AvgIpc) is 3.18. The third-order valence-corrected chi connectivity index (χ3v) is 4.48. The van der Waals surface area contributed by atoms with Gasteiger partial charge in [-0.05, 0) is 73.7 Å². The van der Waals surface area contributed by atoms with Gasteiger partial charge in [0.25, 0.3) is 5.91 Å². The van der Waals surface area contributed by atoms with Crippen LogP contribution in [0.5, 0.6) is 5.75 Å². The highest BCUT2D eigenvalue weighted by molar-refractivity contribution is 7.80. The van der Waals surface area contributed by atoms with E-state index in [2.05, 4.69) is 20.8 Å². The van der Waals surface area contributed by atoms with Gasteiger partial charge < -0.3 is 10.1 Å². The number of rotatable bonds is 5. The minimum atomic E-state index is -0.268. The summed E-state index contributed by atoms with van der Waals surface area (Å²) in [5.74, 6) is 0.533. The molecule has 0 radical (unpaired) electrons. The fourth-order valence-corrected chi connectivity index (χ4v) is 3.09. The van der Waals surface area contributed by atoms with E-state index >= 15 is 0 Å². The van der Waals surface area contributed by atoms with E-state index in [1.54, 1.807) is 29.1 Å². The van der Waals surface area contributed by atoms with Gasteiger partial charge in [0, 0.05) is 11.3 Å². The molecule has 30 heavy (non-hydrogen) atoms. The van der Waals surface area contributed by atoms with Gasteiger partial charge in [-0.3, -0.25) is 10.1 Å². The molecule has 8 heteroatoms. The van der Waals surface area contributed by atoms with Gasteiger partial charge in [-0.15, -0.1) is 10.2 Å². The number of benzene rings is 3. The van der Waals surface area contributed by atoms with Crippen molar-refractivity contribution in [3.63, 3.8) is 0 Å². The fourth-order valence-electron chi connectivity index (χ4n) is 2.88. The van der Waals surface area contributed by atoms with E-state index < -0.39 is 0 Å². The molecule has 1 heterocycles. The van der Waals surface area contributed by atoms with Crippen LogP contribution in [0.15, 0.2) is 72.8 Å². The molecule has 4 rings (SSSR count). The van der Waals surface area contributed by atoms with Crippen molar-refractivity contribution in [3.8, 4) is 11.4 Å². The molecule has 0 aliphatic carbocycles. The lowest BCUT2D eigenvalue weighted by Crippen LogP contribution is -2.34. The van der Waals surface area contributed by atoms with Gasteiger partial charge in [-0.25, -0.2) is 0 Å². The predicted molar refractivity (Wildman–Crippen MR) is 120 cm³/mol. The van der Waals surface area contributed by atoms with Crippen LogP contribution in [-0.2, 0) is 0 Å². The molecule has 3 aromatic carbocycles. The predicted octanol–water partition coefficient (Wildman–Crippen LogP) is 3.95. The van der Waals surface area contributed by atoms with E-state index in [-0.39, 0.29) is 11.0 Å². The van der Waals surface area contributed by atoms with Crippen molar-refractivity contribution in [1.82, 2.24) is 20.3 Å². The van der Waals surface area contributed by atoms with E-state index in [1.807, 2.05) is 55.5 Å². The lowest BCUT2D eigenvalue weighted by Gasteiger charge is -2.09. The molecule has 2 N–H and O–H groups in total. The van der Waals surface area contributed by atoms with Crippen LogP contribution >= 0.6 is 12.2 Å². The van der Waals surface area contributed by atoms with Crippen LogP contribution in [0.3, 0.4) is 0 Å². The number of thiocarbonyl (C=S) groups is 1. The molecule has 0 saturated carbocycles. The number of nitrogens with one attached hydrogen (secondary N) is 2. The van der Waals surface area contributed by atoms with Crippen LogP contribution in [-0.4, -0.2) is 32.6 Å². The minimum Gasteiger partial charge on any atom is -0.494 e. The summed E-state index contributed by atoms with van der Waals surface area (Å²) in [6.07, 6.45) is 0. The molecular weight excluding hydrogens is 398 g/mol. The Bertz CT molecular complexity index is 1190. The first kappa shape index (κ1) is 19.5. The molecule has 1 aromatic heterocycles. The number of nitrogens with zero attached hydrogens (tertiary/aromatic N) is 3. The van der Waals surface area contributed by atoms with Crippen LogP contribution < -0.4 is 15.4 Å². The Hall–Kier alpha value is -3.78. The van der Waals surface area contributed by atoms with Crippen molar-refractivity contribution < 1.29 is 9.53 Å². The molecule has 7 nitrogen and oxygen atoms in total. The van der Waals surface area contributed by atoms with Crippen molar-refractivity contribution >= 4 is 40.0 Å². The molecule has 1 amide bonds. The first-order valence-corrected chi connectivity index (χ1v) is 9.81. The fraction of sp³-hybridized carbons (Fsp3) is 0.0909. The van der Waals surface area contributed by atoms with Gasteiger partial charge in [0.15, 0.2) is 5.11 Å². The molecule has 0 spiro atoms. The SMILES string of the molecule is CCOc1ccc(-n2nc3ccc(NC(=S)NC(=O)c4ccccc4)cc3n2)cc1. The molecule has 0 fully saturated rings. The van der Waals surface area contributed by atoms with Gasteiger partial charge >= 0.3 is 0 Å². The summed E-state index contributed by atoms with van der Waals surface area (Å²) in [6, 6.07) is 22.0. The van der Waals surface area contributed by atoms with Crippen LogP contribution in [0, 0.1) is 0 Å². The molecule has 150 valence electrons. The Morgan fingerprint density at radius 1 is 1.00 bits per heavy atom. The second kappa shape index (κ2) is 8.71. The van der Waals surface area contributed by atoms with E-state index in [9.17, 15) is 4.79 Å². The van der Waals surface area contributed by atoms with Crippen molar-refractivity contribution in [2.24, 2.45) is 0 Å². The number of anilines is 1. The summed E-state index contributed by atoms with van der Waals surface area (Å²) in [7, 11) is 0. The Morgan fingerprint density at radius 3 is 2.47 bits per heavy atom. The molecule has 0 saturated heterocycles. The normalized spacial score (nSPS) is 10.6.